The number of anilines is 1. The Morgan fingerprint density at radius 3 is 2.78 bits per heavy atom. The summed E-state index contributed by atoms with van der Waals surface area (Å²) in [4.78, 5) is 1.81. The molecule has 2 rings (SSSR count). The molecule has 0 saturated heterocycles. The third-order valence-corrected chi connectivity index (χ3v) is 5.76. The Labute approximate surface area is 106 Å². The number of hydrogen-bond acceptors (Lipinski definition) is 4. The molecule has 1 aliphatic heterocycles. The molecule has 0 saturated carbocycles. The second-order valence-electron chi connectivity index (χ2n) is 4.41. The molecule has 2 unspecified atom stereocenters. The van der Waals surface area contributed by atoms with Gasteiger partial charge in [-0.3, -0.25) is 0 Å². The van der Waals surface area contributed by atoms with Gasteiger partial charge in [-0.1, -0.05) is 0 Å². The van der Waals surface area contributed by atoms with Crippen LogP contribution in [0.1, 0.15) is 13.3 Å². The van der Waals surface area contributed by atoms with Crippen LogP contribution in [0.2, 0.25) is 0 Å². The van der Waals surface area contributed by atoms with Crippen molar-refractivity contribution in [1.82, 2.24) is 0 Å². The SMILES string of the molecule is CC1C(CC#N)S(=O)(=O)c2ccc(F)cc2N1C. The molecule has 18 heavy (non-hydrogen) atoms. The van der Waals surface area contributed by atoms with E-state index in [0.717, 1.165) is 6.07 Å². The van der Waals surface area contributed by atoms with E-state index in [1.165, 1.54) is 12.1 Å². The summed E-state index contributed by atoms with van der Waals surface area (Å²) < 4.78 is 37.9. The topological polar surface area (TPSA) is 61.2 Å². The number of rotatable bonds is 1. The first-order chi connectivity index (χ1) is 8.39. The molecular formula is C12H13FN2O2S. The summed E-state index contributed by atoms with van der Waals surface area (Å²) in [5.74, 6) is -0.471. The Balaban J connectivity index is 2.67. The van der Waals surface area contributed by atoms with Gasteiger partial charge in [0, 0.05) is 13.1 Å². The van der Waals surface area contributed by atoms with Crippen LogP contribution in [-0.4, -0.2) is 26.8 Å². The summed E-state index contributed by atoms with van der Waals surface area (Å²) in [7, 11) is -1.86. The summed E-state index contributed by atoms with van der Waals surface area (Å²) >= 11 is 0. The summed E-state index contributed by atoms with van der Waals surface area (Å²) in [5.41, 5.74) is 0.358. The van der Waals surface area contributed by atoms with Crippen LogP contribution in [0.15, 0.2) is 23.1 Å². The van der Waals surface area contributed by atoms with E-state index in [1.54, 1.807) is 18.9 Å². The van der Waals surface area contributed by atoms with Crippen LogP contribution in [0.5, 0.6) is 0 Å². The number of nitrogens with zero attached hydrogens (tertiary/aromatic N) is 2. The molecule has 96 valence electrons. The molecule has 4 nitrogen and oxygen atoms in total. The van der Waals surface area contributed by atoms with Crippen molar-refractivity contribution in [2.75, 3.05) is 11.9 Å². The highest BCUT2D eigenvalue weighted by Crippen LogP contribution is 2.37. The Kier molecular flexibility index (Phi) is 3.03. The van der Waals surface area contributed by atoms with E-state index in [0.29, 0.717) is 5.69 Å². The number of benzene rings is 1. The fourth-order valence-corrected chi connectivity index (χ4v) is 4.34. The zero-order valence-corrected chi connectivity index (χ0v) is 10.9. The quantitative estimate of drug-likeness (QED) is 0.728. The van der Waals surface area contributed by atoms with Crippen LogP contribution in [-0.2, 0) is 9.84 Å². The smallest absolute Gasteiger partial charge is 0.186 e. The molecule has 0 bridgehead atoms. The fourth-order valence-electron chi connectivity index (χ4n) is 2.27. The third-order valence-electron chi connectivity index (χ3n) is 3.45. The van der Waals surface area contributed by atoms with Gasteiger partial charge in [0.1, 0.15) is 5.82 Å². The zero-order valence-electron chi connectivity index (χ0n) is 10.1. The van der Waals surface area contributed by atoms with Gasteiger partial charge in [0.25, 0.3) is 0 Å². The average molecular weight is 268 g/mol. The highest BCUT2D eigenvalue weighted by molar-refractivity contribution is 7.92. The van der Waals surface area contributed by atoms with E-state index in [-0.39, 0.29) is 17.4 Å². The van der Waals surface area contributed by atoms with Gasteiger partial charge in [0.05, 0.1) is 28.3 Å². The maximum Gasteiger partial charge on any atom is 0.186 e. The van der Waals surface area contributed by atoms with Crippen LogP contribution in [0.3, 0.4) is 0 Å². The van der Waals surface area contributed by atoms with Crippen molar-refractivity contribution in [1.29, 1.82) is 5.26 Å². The summed E-state index contributed by atoms with van der Waals surface area (Å²) in [6, 6.07) is 5.16. The summed E-state index contributed by atoms with van der Waals surface area (Å²) in [5, 5.41) is 7.98. The van der Waals surface area contributed by atoms with Crippen molar-refractivity contribution in [2.45, 2.75) is 29.5 Å². The van der Waals surface area contributed by atoms with Crippen LogP contribution in [0, 0.1) is 17.1 Å². The Morgan fingerprint density at radius 1 is 1.50 bits per heavy atom. The van der Waals surface area contributed by atoms with Gasteiger partial charge in [0.2, 0.25) is 0 Å². The van der Waals surface area contributed by atoms with Crippen molar-refractivity contribution >= 4 is 15.5 Å². The first-order valence-corrected chi connectivity index (χ1v) is 7.07. The number of halogens is 1. The van der Waals surface area contributed by atoms with Crippen LogP contribution >= 0.6 is 0 Å². The molecule has 0 fully saturated rings. The lowest BCUT2D eigenvalue weighted by Gasteiger charge is -2.38. The first kappa shape index (κ1) is 12.8. The lowest BCUT2D eigenvalue weighted by Crippen LogP contribution is -2.47. The number of sulfone groups is 1. The molecule has 1 heterocycles. The van der Waals surface area contributed by atoms with Crippen molar-refractivity contribution < 1.29 is 12.8 Å². The second-order valence-corrected chi connectivity index (χ2v) is 6.54. The number of nitriles is 1. The number of fused-ring (bicyclic) bond motifs is 1. The molecule has 6 heteroatoms. The van der Waals surface area contributed by atoms with E-state index in [4.69, 9.17) is 5.26 Å². The molecule has 0 radical (unpaired) electrons. The molecule has 1 aliphatic rings. The molecule has 0 spiro atoms. The summed E-state index contributed by atoms with van der Waals surface area (Å²) in [6.07, 6.45) is -0.0648. The minimum atomic E-state index is -3.57. The summed E-state index contributed by atoms with van der Waals surface area (Å²) in [6.45, 7) is 1.73. The minimum absolute atomic E-state index is 0.0648. The molecule has 1 aromatic rings. The van der Waals surface area contributed by atoms with Crippen molar-refractivity contribution in [3.8, 4) is 6.07 Å². The van der Waals surface area contributed by atoms with Gasteiger partial charge < -0.3 is 4.90 Å². The van der Waals surface area contributed by atoms with Gasteiger partial charge >= 0.3 is 0 Å². The van der Waals surface area contributed by atoms with E-state index in [1.807, 2.05) is 6.07 Å². The highest BCUT2D eigenvalue weighted by atomic mass is 32.2. The predicted octanol–water partition coefficient (Wildman–Crippen LogP) is 1.72. The lowest BCUT2D eigenvalue weighted by atomic mass is 10.1. The van der Waals surface area contributed by atoms with Gasteiger partial charge in [-0.25, -0.2) is 12.8 Å². The maximum atomic E-state index is 13.2. The van der Waals surface area contributed by atoms with Crippen molar-refractivity contribution in [3.63, 3.8) is 0 Å². The second kappa shape index (κ2) is 4.25. The fraction of sp³-hybridized carbons (Fsp3) is 0.417. The van der Waals surface area contributed by atoms with Gasteiger partial charge in [-0.15, -0.1) is 0 Å². The zero-order chi connectivity index (χ0) is 13.5. The molecule has 0 N–H and O–H groups in total. The van der Waals surface area contributed by atoms with Crippen LogP contribution in [0.25, 0.3) is 0 Å². The lowest BCUT2D eigenvalue weighted by molar-refractivity contribution is 0.537. The molecule has 0 aliphatic carbocycles. The highest BCUT2D eigenvalue weighted by Gasteiger charge is 2.41. The minimum Gasteiger partial charge on any atom is -0.369 e. The van der Waals surface area contributed by atoms with Gasteiger partial charge in [-0.2, -0.15) is 5.26 Å². The van der Waals surface area contributed by atoms with Gasteiger partial charge in [0.15, 0.2) is 9.84 Å². The standard InChI is InChI=1S/C12H13FN2O2S/c1-8-11(5-6-14)18(16,17)12-4-3-9(13)7-10(12)15(8)2/h3-4,7-8,11H,5H2,1-2H3. The van der Waals surface area contributed by atoms with Gasteiger partial charge in [-0.05, 0) is 25.1 Å². The number of hydrogen-bond donors (Lipinski definition) is 0. The Hall–Kier alpha value is -1.61. The molecule has 1 aromatic carbocycles. The molecule has 0 amide bonds. The Bertz CT molecular complexity index is 621. The van der Waals surface area contributed by atoms with Crippen molar-refractivity contribution in [3.05, 3.63) is 24.0 Å². The molecule has 2 atom stereocenters. The Morgan fingerprint density at radius 2 is 2.17 bits per heavy atom. The monoisotopic (exact) mass is 268 g/mol. The van der Waals surface area contributed by atoms with Crippen molar-refractivity contribution in [2.24, 2.45) is 0 Å². The first-order valence-electron chi connectivity index (χ1n) is 5.53. The van der Waals surface area contributed by atoms with Crippen LogP contribution < -0.4 is 4.90 Å². The van der Waals surface area contributed by atoms with E-state index in [2.05, 4.69) is 0 Å². The largest absolute Gasteiger partial charge is 0.369 e. The molecule has 0 aromatic heterocycles. The molecular weight excluding hydrogens is 255 g/mol. The van der Waals surface area contributed by atoms with E-state index < -0.39 is 20.9 Å². The predicted molar refractivity (Wildman–Crippen MR) is 65.5 cm³/mol. The van der Waals surface area contributed by atoms with E-state index in [9.17, 15) is 12.8 Å². The van der Waals surface area contributed by atoms with Crippen LogP contribution in [0.4, 0.5) is 10.1 Å². The normalized spacial score (nSPS) is 25.3. The van der Waals surface area contributed by atoms with E-state index >= 15 is 0 Å². The average Bonchev–Trinajstić information content (AvgIpc) is 2.32. The third kappa shape index (κ3) is 1.75. The maximum absolute atomic E-state index is 13.2.